The zero-order chi connectivity index (χ0) is 17.8. The van der Waals surface area contributed by atoms with Crippen molar-refractivity contribution in [3.8, 4) is 5.82 Å². The molecule has 1 spiro atoms. The predicted molar refractivity (Wildman–Crippen MR) is 100 cm³/mol. The lowest BCUT2D eigenvalue weighted by Crippen LogP contribution is -2.41. The number of aromatic nitrogens is 3. The lowest BCUT2D eigenvalue weighted by atomic mass is 9.87. The topological polar surface area (TPSA) is 67.6 Å². The molecule has 0 aromatic carbocycles. The third-order valence-electron chi connectivity index (χ3n) is 5.25. The van der Waals surface area contributed by atoms with E-state index in [1.54, 1.807) is 12.5 Å². The van der Waals surface area contributed by atoms with Crippen molar-refractivity contribution in [1.82, 2.24) is 24.8 Å². The van der Waals surface area contributed by atoms with Gasteiger partial charge in [0.15, 0.2) is 5.96 Å². The van der Waals surface area contributed by atoms with Gasteiger partial charge in [0.25, 0.3) is 0 Å². The Balaban J connectivity index is 1.47. The van der Waals surface area contributed by atoms with Crippen LogP contribution in [0.2, 0.25) is 0 Å². The molecule has 0 aliphatic carbocycles. The smallest absolute Gasteiger partial charge is 0.194 e. The van der Waals surface area contributed by atoms with Crippen LogP contribution in [-0.2, 0) is 11.3 Å². The normalized spacial score (nSPS) is 23.1. The van der Waals surface area contributed by atoms with Crippen LogP contribution >= 0.6 is 0 Å². The molecule has 138 valence electrons. The lowest BCUT2D eigenvalue weighted by Gasteiger charge is -2.25. The van der Waals surface area contributed by atoms with Crippen molar-refractivity contribution in [3.05, 3.63) is 42.6 Å². The van der Waals surface area contributed by atoms with Gasteiger partial charge in [0.1, 0.15) is 12.1 Å². The average molecular weight is 354 g/mol. The van der Waals surface area contributed by atoms with Gasteiger partial charge in [-0.15, -0.1) is 0 Å². The fourth-order valence-corrected chi connectivity index (χ4v) is 3.77. The van der Waals surface area contributed by atoms with Crippen molar-refractivity contribution in [2.75, 3.05) is 32.8 Å². The molecule has 4 rings (SSSR count). The number of likely N-dealkylation sites (tertiary alicyclic amines) is 1. The minimum Gasteiger partial charge on any atom is -0.381 e. The molecule has 0 bridgehead atoms. The first-order valence-electron chi connectivity index (χ1n) is 9.32. The fraction of sp³-hybridized carbons (Fsp3) is 0.526. The molecule has 1 atom stereocenters. The molecule has 2 fully saturated rings. The molecule has 2 aromatic heterocycles. The van der Waals surface area contributed by atoms with E-state index in [9.17, 15) is 0 Å². The second-order valence-electron chi connectivity index (χ2n) is 7.14. The monoisotopic (exact) mass is 354 g/mol. The quantitative estimate of drug-likeness (QED) is 0.670. The number of pyridine rings is 1. The van der Waals surface area contributed by atoms with Gasteiger partial charge in [0, 0.05) is 50.2 Å². The Morgan fingerprint density at radius 1 is 1.38 bits per heavy atom. The number of nitrogens with zero attached hydrogens (tertiary/aromatic N) is 5. The molecule has 4 heterocycles. The van der Waals surface area contributed by atoms with Crippen LogP contribution in [0.1, 0.15) is 25.3 Å². The minimum absolute atomic E-state index is 0.335. The molecule has 2 aliphatic rings. The zero-order valence-electron chi connectivity index (χ0n) is 15.3. The third-order valence-corrected chi connectivity index (χ3v) is 5.25. The Kier molecular flexibility index (Phi) is 4.88. The van der Waals surface area contributed by atoms with Crippen LogP contribution in [0.15, 0.2) is 42.0 Å². The SMILES string of the molecule is CCNC(=NCc1ccnc(-n2ccnc2)c1)N1CCC2(CCOC2)C1. The van der Waals surface area contributed by atoms with Crippen LogP contribution in [-0.4, -0.2) is 58.2 Å². The summed E-state index contributed by atoms with van der Waals surface area (Å²) >= 11 is 0. The van der Waals surface area contributed by atoms with Crippen LogP contribution in [0.5, 0.6) is 0 Å². The fourth-order valence-electron chi connectivity index (χ4n) is 3.77. The summed E-state index contributed by atoms with van der Waals surface area (Å²) in [6.45, 7) is 7.49. The molecule has 1 unspecified atom stereocenters. The Labute approximate surface area is 154 Å². The van der Waals surface area contributed by atoms with Gasteiger partial charge in [-0.25, -0.2) is 15.0 Å². The summed E-state index contributed by atoms with van der Waals surface area (Å²) in [6, 6.07) is 4.08. The number of aliphatic imine (C=N–C) groups is 1. The van der Waals surface area contributed by atoms with E-state index in [2.05, 4.69) is 33.2 Å². The first kappa shape index (κ1) is 17.0. The number of hydrogen-bond acceptors (Lipinski definition) is 4. The summed E-state index contributed by atoms with van der Waals surface area (Å²) in [5, 5.41) is 3.45. The first-order valence-corrected chi connectivity index (χ1v) is 9.32. The molecule has 7 nitrogen and oxygen atoms in total. The van der Waals surface area contributed by atoms with Crippen LogP contribution in [0, 0.1) is 5.41 Å². The van der Waals surface area contributed by atoms with E-state index in [-0.39, 0.29) is 0 Å². The maximum absolute atomic E-state index is 5.65. The summed E-state index contributed by atoms with van der Waals surface area (Å²) in [4.78, 5) is 15.8. The van der Waals surface area contributed by atoms with Gasteiger partial charge < -0.3 is 15.0 Å². The molecular formula is C19H26N6O. The molecule has 26 heavy (non-hydrogen) atoms. The van der Waals surface area contributed by atoms with E-state index in [4.69, 9.17) is 9.73 Å². The summed E-state index contributed by atoms with van der Waals surface area (Å²) in [6.07, 6.45) is 9.60. The molecule has 2 saturated heterocycles. The average Bonchev–Trinajstić information content (AvgIpc) is 3.43. The Hall–Kier alpha value is -2.41. The highest BCUT2D eigenvalue weighted by molar-refractivity contribution is 5.80. The van der Waals surface area contributed by atoms with E-state index in [1.807, 2.05) is 23.0 Å². The van der Waals surface area contributed by atoms with E-state index >= 15 is 0 Å². The molecule has 2 aromatic rings. The van der Waals surface area contributed by atoms with Crippen molar-refractivity contribution in [3.63, 3.8) is 0 Å². The highest BCUT2D eigenvalue weighted by Crippen LogP contribution is 2.38. The molecule has 2 aliphatic heterocycles. The lowest BCUT2D eigenvalue weighted by molar-refractivity contribution is 0.156. The van der Waals surface area contributed by atoms with E-state index in [1.165, 1.54) is 12.8 Å². The van der Waals surface area contributed by atoms with Crippen molar-refractivity contribution < 1.29 is 4.74 Å². The van der Waals surface area contributed by atoms with Gasteiger partial charge in [-0.1, -0.05) is 0 Å². The van der Waals surface area contributed by atoms with Gasteiger partial charge in [0.05, 0.1) is 13.2 Å². The molecular weight excluding hydrogens is 328 g/mol. The van der Waals surface area contributed by atoms with E-state index in [0.29, 0.717) is 12.0 Å². The Morgan fingerprint density at radius 3 is 3.12 bits per heavy atom. The first-order chi connectivity index (χ1) is 12.8. The number of nitrogens with one attached hydrogen (secondary N) is 1. The van der Waals surface area contributed by atoms with Gasteiger partial charge >= 0.3 is 0 Å². The standard InChI is InChI=1S/C19H26N6O/c1-2-21-18(24-8-4-19(13-24)5-10-26-14-19)23-12-16-3-6-22-17(11-16)25-9-7-20-15-25/h3,6-7,9,11,15H,2,4-5,8,10,12-14H2,1H3,(H,21,23). The Morgan fingerprint density at radius 2 is 2.35 bits per heavy atom. The highest BCUT2D eigenvalue weighted by atomic mass is 16.5. The van der Waals surface area contributed by atoms with Crippen molar-refractivity contribution in [1.29, 1.82) is 0 Å². The van der Waals surface area contributed by atoms with E-state index in [0.717, 1.165) is 50.2 Å². The zero-order valence-corrected chi connectivity index (χ0v) is 15.3. The third kappa shape index (κ3) is 3.58. The molecule has 7 heteroatoms. The van der Waals surface area contributed by atoms with Crippen molar-refractivity contribution >= 4 is 5.96 Å². The summed E-state index contributed by atoms with van der Waals surface area (Å²) in [7, 11) is 0. The van der Waals surface area contributed by atoms with Crippen LogP contribution in [0.4, 0.5) is 0 Å². The molecule has 0 saturated carbocycles. The predicted octanol–water partition coefficient (Wildman–Crippen LogP) is 1.85. The van der Waals surface area contributed by atoms with Crippen LogP contribution in [0.3, 0.4) is 0 Å². The Bertz CT molecular complexity index is 751. The van der Waals surface area contributed by atoms with E-state index < -0.39 is 0 Å². The van der Waals surface area contributed by atoms with Gasteiger partial charge in [-0.3, -0.25) is 4.57 Å². The molecule has 0 amide bonds. The number of hydrogen-bond donors (Lipinski definition) is 1. The van der Waals surface area contributed by atoms with Crippen molar-refractivity contribution in [2.24, 2.45) is 10.4 Å². The van der Waals surface area contributed by atoms with Crippen LogP contribution < -0.4 is 5.32 Å². The molecule has 1 N–H and O–H groups in total. The van der Waals surface area contributed by atoms with Gasteiger partial charge in [-0.2, -0.15) is 0 Å². The summed E-state index contributed by atoms with van der Waals surface area (Å²) in [5.74, 6) is 1.86. The largest absolute Gasteiger partial charge is 0.381 e. The summed E-state index contributed by atoms with van der Waals surface area (Å²) < 4.78 is 7.55. The second-order valence-corrected chi connectivity index (χ2v) is 7.14. The maximum Gasteiger partial charge on any atom is 0.194 e. The van der Waals surface area contributed by atoms with Crippen molar-refractivity contribution in [2.45, 2.75) is 26.3 Å². The highest BCUT2D eigenvalue weighted by Gasteiger charge is 2.42. The van der Waals surface area contributed by atoms with Gasteiger partial charge in [-0.05, 0) is 37.5 Å². The number of guanidine groups is 1. The number of imidazole rings is 1. The minimum atomic E-state index is 0.335. The summed E-state index contributed by atoms with van der Waals surface area (Å²) in [5.41, 5.74) is 1.47. The number of rotatable bonds is 4. The molecule has 0 radical (unpaired) electrons. The number of ether oxygens (including phenoxy) is 1. The van der Waals surface area contributed by atoms with Gasteiger partial charge in [0.2, 0.25) is 0 Å². The second kappa shape index (κ2) is 7.45. The van der Waals surface area contributed by atoms with Crippen LogP contribution in [0.25, 0.3) is 5.82 Å². The maximum atomic E-state index is 5.65.